The molecule has 0 spiro atoms. The van der Waals surface area contributed by atoms with Gasteiger partial charge in [-0.2, -0.15) is 0 Å². The zero-order valence-corrected chi connectivity index (χ0v) is 14.2. The molecule has 1 fully saturated rings. The maximum atomic E-state index is 12.1. The first-order valence-electron chi connectivity index (χ1n) is 7.37. The van der Waals surface area contributed by atoms with Crippen molar-refractivity contribution in [3.8, 4) is 5.75 Å². The van der Waals surface area contributed by atoms with E-state index >= 15 is 0 Å². The van der Waals surface area contributed by atoms with Gasteiger partial charge in [-0.3, -0.25) is 4.79 Å². The average molecular weight is 339 g/mol. The van der Waals surface area contributed by atoms with Crippen molar-refractivity contribution in [2.24, 2.45) is 4.99 Å². The molecule has 0 unspecified atom stereocenters. The van der Waals surface area contributed by atoms with Crippen molar-refractivity contribution in [2.45, 2.75) is 0 Å². The summed E-state index contributed by atoms with van der Waals surface area (Å²) in [7, 11) is 3.97. The Morgan fingerprint density at radius 2 is 1.75 bits per heavy atom. The summed E-state index contributed by atoms with van der Waals surface area (Å²) in [5.74, 6) is 0.0260. The molecular weight excluding hydrogens is 322 g/mol. The minimum Gasteiger partial charge on any atom is -0.508 e. The highest BCUT2D eigenvalue weighted by Gasteiger charge is 2.23. The van der Waals surface area contributed by atoms with E-state index in [9.17, 15) is 9.90 Å². The minimum absolute atomic E-state index is 0.158. The summed E-state index contributed by atoms with van der Waals surface area (Å²) >= 11 is 1.30. The number of benzene rings is 2. The summed E-state index contributed by atoms with van der Waals surface area (Å²) < 4.78 is 0. The number of nitrogens with zero attached hydrogens (tertiary/aromatic N) is 2. The number of hydrogen-bond donors (Lipinski definition) is 2. The zero-order chi connectivity index (χ0) is 17.1. The first-order chi connectivity index (χ1) is 11.5. The van der Waals surface area contributed by atoms with Crippen LogP contribution in [0, 0.1) is 0 Å². The van der Waals surface area contributed by atoms with Gasteiger partial charge in [-0.25, -0.2) is 4.99 Å². The fourth-order valence-electron chi connectivity index (χ4n) is 2.15. The third kappa shape index (κ3) is 3.78. The number of thioether (sulfide) groups is 1. The Labute approximate surface area is 144 Å². The second kappa shape index (κ2) is 6.80. The summed E-state index contributed by atoms with van der Waals surface area (Å²) in [6.07, 6.45) is 1.85. The van der Waals surface area contributed by atoms with Crippen LogP contribution in [0.4, 0.5) is 11.4 Å². The molecule has 1 aliphatic rings. The third-order valence-electron chi connectivity index (χ3n) is 3.44. The number of anilines is 1. The van der Waals surface area contributed by atoms with Crippen LogP contribution in [0.2, 0.25) is 0 Å². The van der Waals surface area contributed by atoms with Crippen molar-refractivity contribution in [1.29, 1.82) is 0 Å². The number of aliphatic imine (C=N–C) groups is 1. The molecule has 1 amide bonds. The van der Waals surface area contributed by atoms with Crippen LogP contribution in [-0.4, -0.2) is 30.3 Å². The van der Waals surface area contributed by atoms with Gasteiger partial charge in [0.25, 0.3) is 5.91 Å². The van der Waals surface area contributed by atoms with Crippen molar-refractivity contribution < 1.29 is 9.90 Å². The number of hydrogen-bond acceptors (Lipinski definition) is 5. The van der Waals surface area contributed by atoms with Gasteiger partial charge < -0.3 is 15.3 Å². The average Bonchev–Trinajstić information content (AvgIpc) is 2.89. The van der Waals surface area contributed by atoms with Gasteiger partial charge in [0, 0.05) is 19.8 Å². The summed E-state index contributed by atoms with van der Waals surface area (Å²) in [5.41, 5.74) is 2.74. The summed E-state index contributed by atoms with van der Waals surface area (Å²) in [5, 5.41) is 12.6. The van der Waals surface area contributed by atoms with E-state index in [0.29, 0.717) is 15.8 Å². The van der Waals surface area contributed by atoms with Crippen molar-refractivity contribution in [1.82, 2.24) is 5.32 Å². The van der Waals surface area contributed by atoms with E-state index in [-0.39, 0.29) is 11.7 Å². The standard InChI is InChI=1S/C18H17N3O2S/c1-21(2)14-7-3-12(4-8-14)11-16-17(23)20-18(24-16)19-13-5-9-15(22)10-6-13/h3-11,22H,1-2H3,(H,19,20,23). The highest BCUT2D eigenvalue weighted by atomic mass is 32.2. The van der Waals surface area contributed by atoms with Gasteiger partial charge in [0.2, 0.25) is 0 Å². The minimum atomic E-state index is -0.158. The molecule has 0 radical (unpaired) electrons. The molecule has 0 atom stereocenters. The number of phenols is 1. The van der Waals surface area contributed by atoms with E-state index in [1.807, 2.05) is 49.3 Å². The second-order valence-corrected chi connectivity index (χ2v) is 6.51. The summed E-state index contributed by atoms with van der Waals surface area (Å²) in [6.45, 7) is 0. The van der Waals surface area contributed by atoms with Gasteiger partial charge >= 0.3 is 0 Å². The number of carbonyl (C=O) groups excluding carboxylic acids is 1. The number of carbonyl (C=O) groups is 1. The highest BCUT2D eigenvalue weighted by molar-refractivity contribution is 8.18. The molecule has 0 aromatic heterocycles. The fourth-order valence-corrected chi connectivity index (χ4v) is 2.99. The van der Waals surface area contributed by atoms with E-state index in [2.05, 4.69) is 10.3 Å². The molecule has 1 saturated heterocycles. The molecular formula is C18H17N3O2S. The number of amidine groups is 1. The number of aromatic hydroxyl groups is 1. The molecule has 24 heavy (non-hydrogen) atoms. The first-order valence-corrected chi connectivity index (χ1v) is 8.19. The lowest BCUT2D eigenvalue weighted by Crippen LogP contribution is -2.19. The Balaban J connectivity index is 1.77. The van der Waals surface area contributed by atoms with E-state index in [1.165, 1.54) is 11.8 Å². The van der Waals surface area contributed by atoms with Gasteiger partial charge in [0.15, 0.2) is 5.17 Å². The van der Waals surface area contributed by atoms with Crippen molar-refractivity contribution in [3.05, 3.63) is 59.0 Å². The van der Waals surface area contributed by atoms with Crippen LogP contribution in [-0.2, 0) is 4.79 Å². The molecule has 6 heteroatoms. The molecule has 2 aromatic carbocycles. The Bertz CT molecular complexity index is 809. The molecule has 0 bridgehead atoms. The number of amides is 1. The molecule has 1 aliphatic heterocycles. The maximum absolute atomic E-state index is 12.1. The first kappa shape index (κ1) is 16.1. The Hall–Kier alpha value is -2.73. The topological polar surface area (TPSA) is 64.9 Å². The molecule has 122 valence electrons. The Morgan fingerprint density at radius 1 is 1.08 bits per heavy atom. The number of nitrogens with one attached hydrogen (secondary N) is 1. The van der Waals surface area contributed by atoms with Crippen LogP contribution in [0.25, 0.3) is 6.08 Å². The molecule has 2 aromatic rings. The highest BCUT2D eigenvalue weighted by Crippen LogP contribution is 2.28. The lowest BCUT2D eigenvalue weighted by molar-refractivity contribution is -0.115. The van der Waals surface area contributed by atoms with Crippen LogP contribution in [0.15, 0.2) is 58.4 Å². The maximum Gasteiger partial charge on any atom is 0.264 e. The van der Waals surface area contributed by atoms with Gasteiger partial charge in [-0.15, -0.1) is 0 Å². The molecule has 3 rings (SSSR count). The lowest BCUT2D eigenvalue weighted by Gasteiger charge is -2.11. The van der Waals surface area contributed by atoms with Crippen LogP contribution < -0.4 is 10.2 Å². The Kier molecular flexibility index (Phi) is 4.57. The molecule has 2 N–H and O–H groups in total. The molecule has 0 aliphatic carbocycles. The number of rotatable bonds is 3. The SMILES string of the molecule is CN(C)c1ccc(C=C2SC(=Nc3ccc(O)cc3)NC2=O)cc1. The quantitative estimate of drug-likeness (QED) is 0.842. The normalized spacial score (nSPS) is 17.3. The Morgan fingerprint density at radius 3 is 2.38 bits per heavy atom. The van der Waals surface area contributed by atoms with E-state index < -0.39 is 0 Å². The molecule has 1 heterocycles. The van der Waals surface area contributed by atoms with E-state index in [1.54, 1.807) is 24.3 Å². The number of phenolic OH excluding ortho intramolecular Hbond substituents is 1. The van der Waals surface area contributed by atoms with Crippen molar-refractivity contribution >= 4 is 40.3 Å². The second-order valence-electron chi connectivity index (χ2n) is 5.48. The third-order valence-corrected chi connectivity index (χ3v) is 4.35. The smallest absolute Gasteiger partial charge is 0.264 e. The van der Waals surface area contributed by atoms with Crippen LogP contribution in [0.3, 0.4) is 0 Å². The predicted molar refractivity (Wildman–Crippen MR) is 99.7 cm³/mol. The van der Waals surface area contributed by atoms with Gasteiger partial charge in [0.1, 0.15) is 5.75 Å². The van der Waals surface area contributed by atoms with Gasteiger partial charge in [-0.05, 0) is 59.8 Å². The van der Waals surface area contributed by atoms with E-state index in [0.717, 1.165) is 11.3 Å². The molecule has 5 nitrogen and oxygen atoms in total. The van der Waals surface area contributed by atoms with Crippen LogP contribution in [0.5, 0.6) is 5.75 Å². The van der Waals surface area contributed by atoms with Crippen molar-refractivity contribution in [2.75, 3.05) is 19.0 Å². The van der Waals surface area contributed by atoms with Crippen molar-refractivity contribution in [3.63, 3.8) is 0 Å². The zero-order valence-electron chi connectivity index (χ0n) is 13.4. The lowest BCUT2D eigenvalue weighted by atomic mass is 10.2. The summed E-state index contributed by atoms with van der Waals surface area (Å²) in [4.78, 5) is 19.1. The predicted octanol–water partition coefficient (Wildman–Crippen LogP) is 3.35. The van der Waals surface area contributed by atoms with Crippen LogP contribution >= 0.6 is 11.8 Å². The van der Waals surface area contributed by atoms with Gasteiger partial charge in [-0.1, -0.05) is 12.1 Å². The fraction of sp³-hybridized carbons (Fsp3) is 0.111. The van der Waals surface area contributed by atoms with Gasteiger partial charge in [0.05, 0.1) is 10.6 Å². The molecule has 0 saturated carbocycles. The van der Waals surface area contributed by atoms with E-state index in [4.69, 9.17) is 0 Å². The monoisotopic (exact) mass is 339 g/mol. The summed E-state index contributed by atoms with van der Waals surface area (Å²) in [6, 6.07) is 14.5. The van der Waals surface area contributed by atoms with Crippen LogP contribution in [0.1, 0.15) is 5.56 Å². The largest absolute Gasteiger partial charge is 0.508 e.